The van der Waals surface area contributed by atoms with Crippen LogP contribution in [0.1, 0.15) is 57.6 Å². The number of benzene rings is 1. The first-order chi connectivity index (χ1) is 14.6. The van der Waals surface area contributed by atoms with Crippen molar-refractivity contribution < 1.29 is 14.1 Å². The monoisotopic (exact) mass is 444 g/mol. The smallest absolute Gasteiger partial charge is 0.237 e. The van der Waals surface area contributed by atoms with Crippen molar-refractivity contribution in [1.29, 1.82) is 0 Å². The van der Waals surface area contributed by atoms with Crippen molar-refractivity contribution in [3.63, 3.8) is 0 Å². The summed E-state index contributed by atoms with van der Waals surface area (Å²) < 4.78 is 12.2. The van der Waals surface area contributed by atoms with E-state index in [0.717, 1.165) is 11.4 Å². The fourth-order valence-electron chi connectivity index (χ4n) is 2.59. The number of carbonyl (C=O) groups excluding carboxylic acids is 1. The van der Waals surface area contributed by atoms with Gasteiger partial charge >= 0.3 is 0 Å². The zero-order valence-corrected chi connectivity index (χ0v) is 19.2. The van der Waals surface area contributed by atoms with Crippen LogP contribution in [0, 0.1) is 0 Å². The molecular formula is C21H28N6O3S. The quantitative estimate of drug-likeness (QED) is 0.398. The van der Waals surface area contributed by atoms with Crippen LogP contribution < -0.4 is 15.9 Å². The molecule has 3 N–H and O–H groups in total. The number of carbonyl (C=O) groups is 1. The second-order valence-electron chi connectivity index (χ2n) is 8.44. The minimum Gasteiger partial charge on any atom is -0.486 e. The molecule has 0 aliphatic heterocycles. The van der Waals surface area contributed by atoms with Gasteiger partial charge in [0.05, 0.1) is 11.4 Å². The maximum Gasteiger partial charge on any atom is 0.237 e. The van der Waals surface area contributed by atoms with Crippen molar-refractivity contribution in [2.75, 3.05) is 16.9 Å². The molecule has 3 rings (SSSR count). The molecule has 0 saturated heterocycles. The number of hydrogen-bond donors (Lipinski definition) is 2. The molecule has 0 spiro atoms. The number of hydrogen-bond acceptors (Lipinski definition) is 8. The summed E-state index contributed by atoms with van der Waals surface area (Å²) in [5.74, 6) is 7.84. The Kier molecular flexibility index (Phi) is 6.89. The Morgan fingerprint density at radius 1 is 1.26 bits per heavy atom. The van der Waals surface area contributed by atoms with Gasteiger partial charge in [-0.3, -0.25) is 10.1 Å². The first kappa shape index (κ1) is 22.7. The van der Waals surface area contributed by atoms with E-state index in [-0.39, 0.29) is 23.7 Å². The van der Waals surface area contributed by atoms with Gasteiger partial charge in [-0.25, -0.2) is 4.68 Å². The lowest BCUT2D eigenvalue weighted by molar-refractivity contribution is -0.113. The van der Waals surface area contributed by atoms with Crippen molar-refractivity contribution in [3.8, 4) is 5.75 Å². The van der Waals surface area contributed by atoms with Gasteiger partial charge in [0, 0.05) is 11.5 Å². The first-order valence-corrected chi connectivity index (χ1v) is 10.9. The number of rotatable bonds is 8. The van der Waals surface area contributed by atoms with Gasteiger partial charge in [0.25, 0.3) is 0 Å². The Morgan fingerprint density at radius 2 is 1.97 bits per heavy atom. The van der Waals surface area contributed by atoms with Gasteiger partial charge in [-0.2, -0.15) is 0 Å². The lowest BCUT2D eigenvalue weighted by atomic mass is 9.92. The maximum atomic E-state index is 12.2. The minimum absolute atomic E-state index is 0.0956. The van der Waals surface area contributed by atoms with Crippen molar-refractivity contribution in [2.24, 2.45) is 0 Å². The van der Waals surface area contributed by atoms with Gasteiger partial charge < -0.3 is 15.1 Å². The van der Waals surface area contributed by atoms with Gasteiger partial charge in [0.2, 0.25) is 16.9 Å². The van der Waals surface area contributed by atoms with Crippen LogP contribution in [0.5, 0.6) is 5.75 Å². The highest BCUT2D eigenvalue weighted by molar-refractivity contribution is 7.99. The second-order valence-corrected chi connectivity index (χ2v) is 9.39. The number of nitrogens with one attached hydrogen (secondary N) is 1. The van der Waals surface area contributed by atoms with Crippen molar-refractivity contribution >= 4 is 23.6 Å². The molecule has 0 atom stereocenters. The second kappa shape index (κ2) is 9.42. The van der Waals surface area contributed by atoms with E-state index in [2.05, 4.69) is 34.5 Å². The van der Waals surface area contributed by atoms with E-state index in [1.54, 1.807) is 6.07 Å². The van der Waals surface area contributed by atoms with Gasteiger partial charge in [0.1, 0.15) is 12.4 Å². The van der Waals surface area contributed by atoms with E-state index in [0.29, 0.717) is 22.8 Å². The highest BCUT2D eigenvalue weighted by atomic mass is 32.2. The van der Waals surface area contributed by atoms with Crippen LogP contribution in [0.3, 0.4) is 0 Å². The zero-order valence-electron chi connectivity index (χ0n) is 18.4. The molecule has 0 aliphatic carbocycles. The van der Waals surface area contributed by atoms with Gasteiger partial charge in [-0.1, -0.05) is 63.7 Å². The van der Waals surface area contributed by atoms with Gasteiger partial charge in [-0.15, -0.1) is 10.2 Å². The molecule has 0 saturated carbocycles. The van der Waals surface area contributed by atoms with Crippen molar-refractivity contribution in [2.45, 2.75) is 57.7 Å². The Hall–Kier alpha value is -3.01. The van der Waals surface area contributed by atoms with E-state index in [4.69, 9.17) is 15.1 Å². The van der Waals surface area contributed by atoms with Gasteiger partial charge in [-0.05, 0) is 23.6 Å². The number of anilines is 1. The molecule has 2 aromatic heterocycles. The number of amides is 1. The Labute approximate surface area is 185 Å². The Balaban J connectivity index is 1.50. The molecule has 10 heteroatoms. The lowest BCUT2D eigenvalue weighted by Gasteiger charge is -2.12. The third-order valence-corrected chi connectivity index (χ3v) is 5.47. The van der Waals surface area contributed by atoms with Crippen LogP contribution in [0.2, 0.25) is 0 Å². The maximum absolute atomic E-state index is 12.2. The van der Waals surface area contributed by atoms with Crippen LogP contribution in [-0.4, -0.2) is 31.7 Å². The normalized spacial score (nSPS) is 11.7. The Morgan fingerprint density at radius 3 is 2.58 bits per heavy atom. The van der Waals surface area contributed by atoms with E-state index in [1.807, 2.05) is 45.0 Å². The summed E-state index contributed by atoms with van der Waals surface area (Å²) in [7, 11) is 0. The molecule has 0 aliphatic rings. The number of nitrogens with zero attached hydrogens (tertiary/aromatic N) is 4. The molecule has 0 radical (unpaired) electrons. The standard InChI is InChI=1S/C21H28N6O3S/c1-13(2)14-6-8-15(9-7-14)29-11-17-24-25-20(27(17)22)31-12-18(28)23-19-10-16(26-30-19)21(3,4)5/h6-10,13H,11-12,22H2,1-5H3,(H,23,28). The predicted octanol–water partition coefficient (Wildman–Crippen LogP) is 3.71. The largest absolute Gasteiger partial charge is 0.486 e. The fourth-order valence-corrected chi connectivity index (χ4v) is 3.27. The van der Waals surface area contributed by atoms with Crippen LogP contribution in [0.15, 0.2) is 40.0 Å². The van der Waals surface area contributed by atoms with E-state index >= 15 is 0 Å². The molecule has 166 valence electrons. The summed E-state index contributed by atoms with van der Waals surface area (Å²) >= 11 is 1.17. The molecular weight excluding hydrogens is 416 g/mol. The average Bonchev–Trinajstić information content (AvgIpc) is 3.32. The summed E-state index contributed by atoms with van der Waals surface area (Å²) in [5, 5.41) is 15.2. The Bertz CT molecular complexity index is 1020. The molecule has 0 unspecified atom stereocenters. The van der Waals surface area contributed by atoms with Crippen LogP contribution >= 0.6 is 11.8 Å². The molecule has 3 aromatic rings. The summed E-state index contributed by atoms with van der Waals surface area (Å²) in [5.41, 5.74) is 1.85. The van der Waals surface area contributed by atoms with E-state index < -0.39 is 0 Å². The predicted molar refractivity (Wildman–Crippen MR) is 120 cm³/mol. The molecule has 0 fully saturated rings. The minimum atomic E-state index is -0.257. The summed E-state index contributed by atoms with van der Waals surface area (Å²) in [6.45, 7) is 10.5. The number of nitrogens with two attached hydrogens (primary N) is 1. The van der Waals surface area contributed by atoms with E-state index in [1.165, 1.54) is 22.0 Å². The van der Waals surface area contributed by atoms with Crippen LogP contribution in [0.25, 0.3) is 0 Å². The average molecular weight is 445 g/mol. The van der Waals surface area contributed by atoms with Crippen molar-refractivity contribution in [3.05, 3.63) is 47.4 Å². The number of ether oxygens (including phenoxy) is 1. The number of nitrogen functional groups attached to an aromatic ring is 1. The topological polar surface area (TPSA) is 121 Å². The molecule has 2 heterocycles. The lowest BCUT2D eigenvalue weighted by Crippen LogP contribution is -2.18. The molecule has 31 heavy (non-hydrogen) atoms. The van der Waals surface area contributed by atoms with Gasteiger partial charge in [0.15, 0.2) is 5.82 Å². The van der Waals surface area contributed by atoms with E-state index in [9.17, 15) is 4.79 Å². The SMILES string of the molecule is CC(C)c1ccc(OCc2nnc(SCC(=O)Nc3cc(C(C)(C)C)no3)n2N)cc1. The molecule has 1 aromatic carbocycles. The third-order valence-electron chi connectivity index (χ3n) is 4.52. The van der Waals surface area contributed by atoms with Crippen LogP contribution in [0.4, 0.5) is 5.88 Å². The highest BCUT2D eigenvalue weighted by Crippen LogP contribution is 2.24. The highest BCUT2D eigenvalue weighted by Gasteiger charge is 2.20. The first-order valence-electron chi connectivity index (χ1n) is 9.95. The molecule has 1 amide bonds. The summed E-state index contributed by atoms with van der Waals surface area (Å²) in [4.78, 5) is 12.2. The summed E-state index contributed by atoms with van der Waals surface area (Å²) in [6.07, 6.45) is 0. The fraction of sp³-hybridized carbons (Fsp3) is 0.429. The summed E-state index contributed by atoms with van der Waals surface area (Å²) in [6, 6.07) is 9.62. The number of thioether (sulfide) groups is 1. The number of aromatic nitrogens is 4. The molecule has 9 nitrogen and oxygen atoms in total. The van der Waals surface area contributed by atoms with Crippen molar-refractivity contribution in [1.82, 2.24) is 20.0 Å². The third kappa shape index (κ3) is 6.00. The van der Waals surface area contributed by atoms with Crippen LogP contribution in [-0.2, 0) is 16.8 Å². The molecule has 0 bridgehead atoms. The zero-order chi connectivity index (χ0) is 22.6.